The van der Waals surface area contributed by atoms with Crippen LogP contribution in [0.3, 0.4) is 0 Å². The molecule has 3 unspecified atom stereocenters. The van der Waals surface area contributed by atoms with Crippen molar-refractivity contribution in [3.05, 3.63) is 65.7 Å². The number of ether oxygens (including phenoxy) is 1. The number of aliphatic hydroxyl groups is 1. The van der Waals surface area contributed by atoms with E-state index < -0.39 is 5.60 Å². The molecule has 2 N–H and O–H groups in total. The van der Waals surface area contributed by atoms with E-state index in [1.54, 1.807) is 6.92 Å². The van der Waals surface area contributed by atoms with Gasteiger partial charge in [-0.1, -0.05) is 48.5 Å². The smallest absolute Gasteiger partial charge is 0.223 e. The van der Waals surface area contributed by atoms with Gasteiger partial charge in [-0.3, -0.25) is 4.79 Å². The largest absolute Gasteiger partial charge is 0.493 e. The van der Waals surface area contributed by atoms with Gasteiger partial charge in [-0.05, 0) is 25.5 Å². The highest BCUT2D eigenvalue weighted by molar-refractivity contribution is 5.77. The molecule has 4 nitrogen and oxygen atoms in total. The third-order valence-corrected chi connectivity index (χ3v) is 4.63. The van der Waals surface area contributed by atoms with Crippen LogP contribution in [0.1, 0.15) is 37.3 Å². The van der Waals surface area contributed by atoms with Gasteiger partial charge in [0.15, 0.2) is 0 Å². The SMILES string of the molecule is CC(NC(=O)CC(C)(O)c1ccccc1)C1COc2ccccc21. The first kappa shape index (κ1) is 16.5. The van der Waals surface area contributed by atoms with Gasteiger partial charge in [-0.25, -0.2) is 0 Å². The Labute approximate surface area is 142 Å². The molecule has 0 bridgehead atoms. The van der Waals surface area contributed by atoms with Gasteiger partial charge in [-0.15, -0.1) is 0 Å². The minimum absolute atomic E-state index is 0.0244. The van der Waals surface area contributed by atoms with E-state index in [0.29, 0.717) is 6.61 Å². The van der Waals surface area contributed by atoms with Crippen LogP contribution in [0.4, 0.5) is 0 Å². The van der Waals surface area contributed by atoms with Crippen molar-refractivity contribution in [2.75, 3.05) is 6.61 Å². The molecule has 3 rings (SSSR count). The van der Waals surface area contributed by atoms with E-state index >= 15 is 0 Å². The van der Waals surface area contributed by atoms with Crippen LogP contribution in [0.5, 0.6) is 5.75 Å². The molecule has 2 aromatic carbocycles. The van der Waals surface area contributed by atoms with Crippen molar-refractivity contribution < 1.29 is 14.6 Å². The average Bonchev–Trinajstić information content (AvgIpc) is 2.99. The fourth-order valence-corrected chi connectivity index (χ4v) is 3.22. The van der Waals surface area contributed by atoms with Gasteiger partial charge in [0.2, 0.25) is 5.91 Å². The molecule has 1 amide bonds. The molecule has 1 aliphatic heterocycles. The van der Waals surface area contributed by atoms with Crippen molar-refractivity contribution in [2.45, 2.75) is 37.8 Å². The minimum atomic E-state index is -1.19. The molecule has 0 spiro atoms. The third kappa shape index (κ3) is 3.44. The first-order chi connectivity index (χ1) is 11.5. The number of carbonyl (C=O) groups is 1. The van der Waals surface area contributed by atoms with Crippen molar-refractivity contribution in [3.63, 3.8) is 0 Å². The number of amides is 1. The molecule has 126 valence electrons. The van der Waals surface area contributed by atoms with Crippen molar-refractivity contribution in [1.82, 2.24) is 5.32 Å². The van der Waals surface area contributed by atoms with Gasteiger partial charge in [0.05, 0.1) is 18.6 Å². The van der Waals surface area contributed by atoms with E-state index in [2.05, 4.69) is 5.32 Å². The molecule has 1 heterocycles. The Kier molecular flexibility index (Phi) is 4.58. The summed E-state index contributed by atoms with van der Waals surface area (Å²) in [5, 5.41) is 13.6. The standard InChI is InChI=1S/C20H23NO3/c1-14(17-13-24-18-11-7-6-10-16(17)18)21-19(22)12-20(2,23)15-8-4-3-5-9-15/h3-11,14,17,23H,12-13H2,1-2H3,(H,21,22). The lowest BCUT2D eigenvalue weighted by atomic mass is 9.91. The highest BCUT2D eigenvalue weighted by atomic mass is 16.5. The fraction of sp³-hybridized carbons (Fsp3) is 0.350. The van der Waals surface area contributed by atoms with Crippen molar-refractivity contribution in [2.24, 2.45) is 0 Å². The highest BCUT2D eigenvalue weighted by Crippen LogP contribution is 2.35. The molecule has 3 atom stereocenters. The first-order valence-corrected chi connectivity index (χ1v) is 8.26. The molecule has 0 aliphatic carbocycles. The Hall–Kier alpha value is -2.33. The maximum atomic E-state index is 12.4. The quantitative estimate of drug-likeness (QED) is 0.888. The Morgan fingerprint density at radius 1 is 1.25 bits per heavy atom. The highest BCUT2D eigenvalue weighted by Gasteiger charge is 2.32. The number of nitrogens with one attached hydrogen (secondary N) is 1. The third-order valence-electron chi connectivity index (χ3n) is 4.63. The van der Waals surface area contributed by atoms with Gasteiger partial charge in [0.1, 0.15) is 5.75 Å². The van der Waals surface area contributed by atoms with Crippen LogP contribution in [0.15, 0.2) is 54.6 Å². The predicted molar refractivity (Wildman–Crippen MR) is 92.9 cm³/mol. The number of fused-ring (bicyclic) bond motifs is 1. The Balaban J connectivity index is 1.63. The fourth-order valence-electron chi connectivity index (χ4n) is 3.22. The predicted octanol–water partition coefficient (Wildman–Crippen LogP) is 2.97. The number of hydrogen-bond acceptors (Lipinski definition) is 3. The second-order valence-electron chi connectivity index (χ2n) is 6.63. The zero-order valence-corrected chi connectivity index (χ0v) is 14.0. The van der Waals surface area contributed by atoms with E-state index in [9.17, 15) is 9.90 Å². The lowest BCUT2D eigenvalue weighted by Gasteiger charge is -2.26. The average molecular weight is 325 g/mol. The van der Waals surface area contributed by atoms with Crippen LogP contribution < -0.4 is 10.1 Å². The van der Waals surface area contributed by atoms with E-state index in [4.69, 9.17) is 4.74 Å². The van der Waals surface area contributed by atoms with Crippen molar-refractivity contribution in [3.8, 4) is 5.75 Å². The summed E-state index contributed by atoms with van der Waals surface area (Å²) < 4.78 is 5.68. The monoisotopic (exact) mass is 325 g/mol. The Bertz CT molecular complexity index is 712. The second kappa shape index (κ2) is 6.65. The molecular formula is C20H23NO3. The lowest BCUT2D eigenvalue weighted by molar-refractivity contribution is -0.126. The minimum Gasteiger partial charge on any atom is -0.493 e. The molecule has 24 heavy (non-hydrogen) atoms. The van der Waals surface area contributed by atoms with E-state index in [1.165, 1.54) is 0 Å². The molecule has 4 heteroatoms. The number of para-hydroxylation sites is 1. The second-order valence-corrected chi connectivity index (χ2v) is 6.63. The molecular weight excluding hydrogens is 302 g/mol. The topological polar surface area (TPSA) is 58.6 Å². The number of carbonyl (C=O) groups excluding carboxylic acids is 1. The molecule has 0 saturated heterocycles. The summed E-state index contributed by atoms with van der Waals surface area (Å²) in [6.45, 7) is 4.21. The van der Waals surface area contributed by atoms with Crippen LogP contribution in [0.25, 0.3) is 0 Å². The summed E-state index contributed by atoms with van der Waals surface area (Å²) >= 11 is 0. The molecule has 0 aromatic heterocycles. The summed E-state index contributed by atoms with van der Waals surface area (Å²) in [6.07, 6.45) is 0.0244. The van der Waals surface area contributed by atoms with Gasteiger partial charge in [0, 0.05) is 17.5 Å². The summed E-state index contributed by atoms with van der Waals surface area (Å²) in [7, 11) is 0. The van der Waals surface area contributed by atoms with Crippen molar-refractivity contribution in [1.29, 1.82) is 0 Å². The zero-order valence-electron chi connectivity index (χ0n) is 14.0. The first-order valence-electron chi connectivity index (χ1n) is 8.26. The maximum absolute atomic E-state index is 12.4. The van der Waals surface area contributed by atoms with E-state index in [1.807, 2.05) is 61.5 Å². The summed E-state index contributed by atoms with van der Waals surface area (Å²) in [5.41, 5.74) is 0.678. The number of benzene rings is 2. The summed E-state index contributed by atoms with van der Waals surface area (Å²) in [5.74, 6) is 0.854. The lowest BCUT2D eigenvalue weighted by Crippen LogP contribution is -2.40. The van der Waals surface area contributed by atoms with Gasteiger partial charge >= 0.3 is 0 Å². The number of rotatable bonds is 5. The van der Waals surface area contributed by atoms with Gasteiger partial charge in [0.25, 0.3) is 0 Å². The molecule has 0 saturated carbocycles. The zero-order chi connectivity index (χ0) is 17.2. The molecule has 0 fully saturated rings. The van der Waals surface area contributed by atoms with Crippen molar-refractivity contribution >= 4 is 5.91 Å². The van der Waals surface area contributed by atoms with Crippen LogP contribution in [-0.4, -0.2) is 23.7 Å². The van der Waals surface area contributed by atoms with E-state index in [-0.39, 0.29) is 24.3 Å². The molecule has 1 aliphatic rings. The van der Waals surface area contributed by atoms with Gasteiger partial charge in [-0.2, -0.15) is 0 Å². The van der Waals surface area contributed by atoms with Crippen LogP contribution >= 0.6 is 0 Å². The van der Waals surface area contributed by atoms with Crippen LogP contribution in [-0.2, 0) is 10.4 Å². The Morgan fingerprint density at radius 3 is 2.67 bits per heavy atom. The summed E-state index contributed by atoms with van der Waals surface area (Å²) in [4.78, 5) is 12.4. The molecule has 0 radical (unpaired) electrons. The van der Waals surface area contributed by atoms with Crippen LogP contribution in [0.2, 0.25) is 0 Å². The Morgan fingerprint density at radius 2 is 1.92 bits per heavy atom. The maximum Gasteiger partial charge on any atom is 0.223 e. The summed E-state index contributed by atoms with van der Waals surface area (Å²) in [6, 6.07) is 17.1. The normalized spacial score (nSPS) is 19.7. The van der Waals surface area contributed by atoms with Crippen LogP contribution in [0, 0.1) is 0 Å². The van der Waals surface area contributed by atoms with E-state index in [0.717, 1.165) is 16.9 Å². The molecule has 2 aromatic rings. The van der Waals surface area contributed by atoms with Gasteiger partial charge < -0.3 is 15.2 Å². The number of hydrogen-bond donors (Lipinski definition) is 2.